The number of nitro groups is 1. The summed E-state index contributed by atoms with van der Waals surface area (Å²) in [7, 11) is 1.45. The lowest BCUT2D eigenvalue weighted by atomic mass is 10.1. The van der Waals surface area contributed by atoms with E-state index in [1.807, 2.05) is 0 Å². The van der Waals surface area contributed by atoms with Gasteiger partial charge < -0.3 is 14.2 Å². The summed E-state index contributed by atoms with van der Waals surface area (Å²) in [4.78, 5) is 27.1. The number of methoxy groups -OCH3 is 1. The second-order valence-electron chi connectivity index (χ2n) is 7.33. The van der Waals surface area contributed by atoms with E-state index >= 15 is 0 Å². The first-order valence-electron chi connectivity index (χ1n) is 10.1. The maximum atomic E-state index is 12.4. The summed E-state index contributed by atoms with van der Waals surface area (Å²) < 4.78 is 16.4. The molecule has 0 atom stereocenters. The highest BCUT2D eigenvalue weighted by Gasteiger charge is 2.26. The van der Waals surface area contributed by atoms with Crippen molar-refractivity contribution in [3.8, 4) is 11.5 Å². The monoisotopic (exact) mass is 566 g/mol. The van der Waals surface area contributed by atoms with E-state index in [-0.39, 0.29) is 39.5 Å². The molecule has 0 aliphatic carbocycles. The summed E-state index contributed by atoms with van der Waals surface area (Å²) in [5, 5.41) is 12.2. The number of hydrogen-bond donors (Lipinski definition) is 0. The predicted molar refractivity (Wildman–Crippen MR) is 138 cm³/mol. The molecule has 1 heterocycles. The first-order valence-corrected chi connectivity index (χ1v) is 11.6. The minimum absolute atomic E-state index is 0.0369. The average Bonchev–Trinajstić information content (AvgIpc) is 3.20. The SMILES string of the molecule is COc1cc(/C=C2\N=C(c3ccc(Cl)c([N+](=O)[O-])c3)OC2=O)cc(Cl)c1OCc1ccc(Cl)c(Cl)c1. The van der Waals surface area contributed by atoms with Crippen LogP contribution in [0.4, 0.5) is 5.69 Å². The van der Waals surface area contributed by atoms with Crippen molar-refractivity contribution in [1.29, 1.82) is 0 Å². The fraction of sp³-hybridized carbons (Fsp3) is 0.0833. The van der Waals surface area contributed by atoms with Crippen LogP contribution in [0, 0.1) is 10.1 Å². The molecule has 184 valence electrons. The molecule has 0 unspecified atom stereocenters. The third-order valence-corrected chi connectivity index (χ3v) is 6.27. The van der Waals surface area contributed by atoms with Gasteiger partial charge in [-0.3, -0.25) is 10.1 Å². The molecular weight excluding hydrogens is 554 g/mol. The van der Waals surface area contributed by atoms with Crippen molar-refractivity contribution in [3.05, 3.63) is 101 Å². The number of carbonyl (C=O) groups is 1. The number of rotatable bonds is 7. The highest BCUT2D eigenvalue weighted by Crippen LogP contribution is 2.38. The molecule has 3 aromatic carbocycles. The zero-order valence-corrected chi connectivity index (χ0v) is 21.3. The van der Waals surface area contributed by atoms with Gasteiger partial charge in [-0.2, -0.15) is 0 Å². The number of nitrogens with zero attached hydrogens (tertiary/aromatic N) is 2. The molecule has 0 fully saturated rings. The molecular formula is C24H14Cl4N2O6. The Bertz CT molecular complexity index is 1450. The van der Waals surface area contributed by atoms with Gasteiger partial charge in [0, 0.05) is 11.6 Å². The number of hydrogen-bond acceptors (Lipinski definition) is 7. The fourth-order valence-corrected chi connectivity index (χ4v) is 4.01. The van der Waals surface area contributed by atoms with Crippen LogP contribution < -0.4 is 9.47 Å². The Morgan fingerprint density at radius 1 is 1.00 bits per heavy atom. The molecule has 3 aromatic rings. The van der Waals surface area contributed by atoms with Gasteiger partial charge in [-0.05, 0) is 53.6 Å². The number of esters is 1. The highest BCUT2D eigenvalue weighted by atomic mass is 35.5. The lowest BCUT2D eigenvalue weighted by Gasteiger charge is -2.14. The van der Waals surface area contributed by atoms with E-state index in [1.165, 1.54) is 31.4 Å². The van der Waals surface area contributed by atoms with Crippen LogP contribution >= 0.6 is 46.4 Å². The van der Waals surface area contributed by atoms with E-state index in [1.54, 1.807) is 30.3 Å². The fourth-order valence-electron chi connectivity index (χ4n) is 3.22. The van der Waals surface area contributed by atoms with E-state index < -0.39 is 10.9 Å². The van der Waals surface area contributed by atoms with Crippen molar-refractivity contribution in [3.63, 3.8) is 0 Å². The second-order valence-corrected chi connectivity index (χ2v) is 8.96. The largest absolute Gasteiger partial charge is 0.493 e. The van der Waals surface area contributed by atoms with Gasteiger partial charge in [0.1, 0.15) is 11.6 Å². The summed E-state index contributed by atoms with van der Waals surface area (Å²) in [5.41, 5.74) is 1.11. The lowest BCUT2D eigenvalue weighted by Crippen LogP contribution is -2.06. The van der Waals surface area contributed by atoms with Crippen molar-refractivity contribution in [2.75, 3.05) is 7.11 Å². The van der Waals surface area contributed by atoms with Crippen LogP contribution in [0.25, 0.3) is 6.08 Å². The van der Waals surface area contributed by atoms with Crippen LogP contribution in [0.5, 0.6) is 11.5 Å². The first-order chi connectivity index (χ1) is 17.2. The average molecular weight is 568 g/mol. The smallest absolute Gasteiger partial charge is 0.363 e. The standard InChI is InChI=1S/C24H14Cl4N2O6/c1-34-21-9-13(7-18(28)22(21)35-11-12-2-4-15(25)17(27)6-12)8-19-24(31)36-23(29-19)14-3-5-16(26)20(10-14)30(32)33/h2-10H,11H2,1H3/b19-8-. The summed E-state index contributed by atoms with van der Waals surface area (Å²) in [6, 6.07) is 12.3. The molecule has 0 amide bonds. The van der Waals surface area contributed by atoms with Crippen LogP contribution in [-0.2, 0) is 16.1 Å². The van der Waals surface area contributed by atoms with Crippen molar-refractivity contribution in [2.24, 2.45) is 4.99 Å². The third kappa shape index (κ3) is 5.57. The zero-order valence-electron chi connectivity index (χ0n) is 18.3. The van der Waals surface area contributed by atoms with Crippen molar-refractivity contribution in [2.45, 2.75) is 6.61 Å². The molecule has 0 bridgehead atoms. The van der Waals surface area contributed by atoms with E-state index in [2.05, 4.69) is 4.99 Å². The second kappa shape index (κ2) is 10.8. The normalized spacial score (nSPS) is 14.0. The summed E-state index contributed by atoms with van der Waals surface area (Å²) in [6.45, 7) is 0.153. The highest BCUT2D eigenvalue weighted by molar-refractivity contribution is 6.42. The maximum absolute atomic E-state index is 12.4. The van der Waals surface area contributed by atoms with E-state index in [9.17, 15) is 14.9 Å². The number of aliphatic imine (C=N–C) groups is 1. The van der Waals surface area contributed by atoms with Crippen LogP contribution in [0.2, 0.25) is 20.1 Å². The Labute approximate surface area is 224 Å². The van der Waals surface area contributed by atoms with Crippen molar-refractivity contribution >= 4 is 70.0 Å². The van der Waals surface area contributed by atoms with Gasteiger partial charge in [-0.1, -0.05) is 52.5 Å². The van der Waals surface area contributed by atoms with E-state index in [0.717, 1.165) is 5.56 Å². The Balaban J connectivity index is 1.60. The van der Waals surface area contributed by atoms with E-state index in [4.69, 9.17) is 60.6 Å². The molecule has 12 heteroatoms. The minimum Gasteiger partial charge on any atom is -0.493 e. The molecule has 0 saturated heterocycles. The Morgan fingerprint density at radius 2 is 1.75 bits per heavy atom. The number of benzene rings is 3. The lowest BCUT2D eigenvalue weighted by molar-refractivity contribution is -0.384. The Hall–Kier alpha value is -3.30. The van der Waals surface area contributed by atoms with Gasteiger partial charge in [-0.15, -0.1) is 0 Å². The van der Waals surface area contributed by atoms with Gasteiger partial charge in [-0.25, -0.2) is 9.79 Å². The number of cyclic esters (lactones) is 1. The van der Waals surface area contributed by atoms with Crippen LogP contribution in [0.15, 0.2) is 59.2 Å². The van der Waals surface area contributed by atoms with Crippen LogP contribution in [0.3, 0.4) is 0 Å². The number of halogens is 4. The number of ether oxygens (including phenoxy) is 3. The molecule has 1 aliphatic rings. The maximum Gasteiger partial charge on any atom is 0.363 e. The molecule has 1 aliphatic heterocycles. The summed E-state index contributed by atoms with van der Waals surface area (Å²) >= 11 is 24.3. The van der Waals surface area contributed by atoms with Crippen LogP contribution in [0.1, 0.15) is 16.7 Å². The number of carbonyl (C=O) groups excluding carboxylic acids is 1. The molecule has 8 nitrogen and oxygen atoms in total. The van der Waals surface area contributed by atoms with Gasteiger partial charge in [0.05, 0.1) is 27.1 Å². The first kappa shape index (κ1) is 25.8. The Morgan fingerprint density at radius 3 is 2.44 bits per heavy atom. The molecule has 36 heavy (non-hydrogen) atoms. The number of nitro benzene ring substituents is 1. The van der Waals surface area contributed by atoms with Crippen molar-refractivity contribution < 1.29 is 23.9 Å². The zero-order chi connectivity index (χ0) is 26.0. The molecule has 0 N–H and O–H groups in total. The molecule has 0 saturated carbocycles. The third-order valence-electron chi connectivity index (χ3n) is 4.93. The van der Waals surface area contributed by atoms with Gasteiger partial charge >= 0.3 is 5.97 Å². The van der Waals surface area contributed by atoms with Crippen molar-refractivity contribution in [1.82, 2.24) is 0 Å². The molecule has 0 spiro atoms. The molecule has 0 aromatic heterocycles. The summed E-state index contributed by atoms with van der Waals surface area (Å²) in [6.07, 6.45) is 1.44. The predicted octanol–water partition coefficient (Wildman–Crippen LogP) is 7.14. The molecule has 0 radical (unpaired) electrons. The molecule has 4 rings (SSSR count). The van der Waals surface area contributed by atoms with Crippen LogP contribution in [-0.4, -0.2) is 23.9 Å². The quantitative estimate of drug-likeness (QED) is 0.130. The summed E-state index contributed by atoms with van der Waals surface area (Å²) in [5.74, 6) is -0.222. The van der Waals surface area contributed by atoms with Gasteiger partial charge in [0.25, 0.3) is 5.69 Å². The van der Waals surface area contributed by atoms with E-state index in [0.29, 0.717) is 27.1 Å². The topological polar surface area (TPSA) is 100 Å². The minimum atomic E-state index is -0.738. The van der Waals surface area contributed by atoms with Gasteiger partial charge in [0.2, 0.25) is 5.90 Å². The van der Waals surface area contributed by atoms with Gasteiger partial charge in [0.15, 0.2) is 17.2 Å². The Kier molecular flexibility index (Phi) is 7.70.